The van der Waals surface area contributed by atoms with Crippen LogP contribution in [0.2, 0.25) is 0 Å². The largest absolute Gasteiger partial charge is 0.326 e. The van der Waals surface area contributed by atoms with Crippen LogP contribution in [0, 0.1) is 0 Å². The van der Waals surface area contributed by atoms with Crippen LogP contribution in [-0.2, 0) is 24.9 Å². The normalized spacial score (nSPS) is 22.5. The van der Waals surface area contributed by atoms with Crippen LogP contribution in [0.15, 0.2) is 0 Å². The number of aryl methyl sites for hydroxylation is 1. The fourth-order valence-electron chi connectivity index (χ4n) is 2.65. The van der Waals surface area contributed by atoms with Gasteiger partial charge in [0.25, 0.3) is 0 Å². The maximum atomic E-state index is 4.78. The molecule has 0 atom stereocenters. The van der Waals surface area contributed by atoms with Crippen molar-refractivity contribution in [2.75, 3.05) is 6.54 Å². The summed E-state index contributed by atoms with van der Waals surface area (Å²) >= 11 is 0. The third kappa shape index (κ3) is 1.33. The summed E-state index contributed by atoms with van der Waals surface area (Å²) in [5, 5.41) is 3.40. The van der Waals surface area contributed by atoms with Crippen molar-refractivity contribution in [3.63, 3.8) is 0 Å². The Labute approximate surface area is 90.9 Å². The number of nitrogens with zero attached hydrogens (tertiary/aromatic N) is 2. The van der Waals surface area contributed by atoms with Crippen molar-refractivity contribution >= 4 is 0 Å². The molecule has 0 bridgehead atoms. The van der Waals surface area contributed by atoms with Crippen molar-refractivity contribution in [3.05, 3.63) is 17.2 Å². The monoisotopic (exact) mass is 205 g/mol. The molecule has 1 aliphatic carbocycles. The summed E-state index contributed by atoms with van der Waals surface area (Å²) in [4.78, 5) is 4.78. The molecule has 0 saturated heterocycles. The van der Waals surface area contributed by atoms with E-state index in [-0.39, 0.29) is 0 Å². The zero-order valence-corrected chi connectivity index (χ0v) is 9.64. The number of fused-ring (bicyclic) bond motifs is 1. The van der Waals surface area contributed by atoms with Crippen molar-refractivity contribution in [1.82, 2.24) is 14.9 Å². The molecule has 1 fully saturated rings. The number of rotatable bonds is 2. The van der Waals surface area contributed by atoms with E-state index >= 15 is 0 Å². The smallest absolute Gasteiger partial charge is 0.109 e. The second-order valence-electron chi connectivity index (χ2n) is 5.03. The first-order chi connectivity index (χ1) is 7.24. The highest BCUT2D eigenvalue weighted by Gasteiger charge is 2.42. The van der Waals surface area contributed by atoms with Crippen molar-refractivity contribution in [2.24, 2.45) is 0 Å². The van der Waals surface area contributed by atoms with Crippen LogP contribution < -0.4 is 5.32 Å². The van der Waals surface area contributed by atoms with Crippen LogP contribution in [0.3, 0.4) is 0 Å². The molecule has 0 amide bonds. The highest BCUT2D eigenvalue weighted by molar-refractivity contribution is 5.24. The lowest BCUT2D eigenvalue weighted by molar-refractivity contribution is 0.478. The molecule has 0 aromatic carbocycles. The second-order valence-corrected chi connectivity index (χ2v) is 5.03. The maximum Gasteiger partial charge on any atom is 0.109 e. The van der Waals surface area contributed by atoms with Crippen LogP contribution in [0.25, 0.3) is 0 Å². The summed E-state index contributed by atoms with van der Waals surface area (Å²) in [7, 11) is 0. The molecule has 1 aromatic heterocycles. The van der Waals surface area contributed by atoms with E-state index in [0.717, 1.165) is 25.9 Å². The summed E-state index contributed by atoms with van der Waals surface area (Å²) in [6.07, 6.45) is 4.87. The number of hydrogen-bond donors (Lipinski definition) is 1. The predicted octanol–water partition coefficient (Wildman–Crippen LogP) is 1.60. The lowest BCUT2D eigenvalue weighted by Gasteiger charge is -2.21. The van der Waals surface area contributed by atoms with Crippen LogP contribution in [0.4, 0.5) is 0 Å². The molecule has 1 saturated carbocycles. The Bertz CT molecular complexity index is 388. The Balaban J connectivity index is 2.12. The molecule has 1 N–H and O–H groups in total. The van der Waals surface area contributed by atoms with E-state index in [9.17, 15) is 0 Å². The molecule has 1 aromatic rings. The van der Waals surface area contributed by atoms with Gasteiger partial charge in [-0.1, -0.05) is 6.92 Å². The number of hydrogen-bond acceptors (Lipinski definition) is 2. The Kier molecular flexibility index (Phi) is 1.93. The summed E-state index contributed by atoms with van der Waals surface area (Å²) in [6.45, 7) is 6.66. The topological polar surface area (TPSA) is 29.9 Å². The SMILES string of the molecule is CCc1nc2c(n1C1(C)CC1)CCNC2. The molecular weight excluding hydrogens is 186 g/mol. The zero-order valence-electron chi connectivity index (χ0n) is 9.64. The van der Waals surface area contributed by atoms with Crippen molar-refractivity contribution in [1.29, 1.82) is 0 Å². The number of imidazole rings is 1. The van der Waals surface area contributed by atoms with Crippen LogP contribution in [0.5, 0.6) is 0 Å². The van der Waals surface area contributed by atoms with Gasteiger partial charge in [0.05, 0.1) is 5.69 Å². The molecule has 2 aliphatic rings. The fraction of sp³-hybridized carbons (Fsp3) is 0.750. The molecule has 82 valence electrons. The predicted molar refractivity (Wildman–Crippen MR) is 59.9 cm³/mol. The standard InChI is InChI=1S/C12H19N3/c1-3-11-14-9-8-13-7-4-10(9)15(11)12(2)5-6-12/h13H,3-8H2,1-2H3. The van der Waals surface area contributed by atoms with Gasteiger partial charge in [-0.3, -0.25) is 0 Å². The fourth-order valence-corrected chi connectivity index (χ4v) is 2.65. The highest BCUT2D eigenvalue weighted by Crippen LogP contribution is 2.45. The van der Waals surface area contributed by atoms with Crippen molar-refractivity contribution in [2.45, 2.75) is 51.6 Å². The van der Waals surface area contributed by atoms with Gasteiger partial charge in [-0.2, -0.15) is 0 Å². The van der Waals surface area contributed by atoms with Gasteiger partial charge >= 0.3 is 0 Å². The molecule has 0 unspecified atom stereocenters. The van der Waals surface area contributed by atoms with Gasteiger partial charge in [-0.05, 0) is 19.8 Å². The molecule has 0 radical (unpaired) electrons. The van der Waals surface area contributed by atoms with E-state index in [1.807, 2.05) is 0 Å². The summed E-state index contributed by atoms with van der Waals surface area (Å²) in [5.41, 5.74) is 3.21. The average Bonchev–Trinajstić information content (AvgIpc) is 2.87. The summed E-state index contributed by atoms with van der Waals surface area (Å²) in [5.74, 6) is 1.30. The molecule has 3 heteroatoms. The van der Waals surface area contributed by atoms with E-state index in [0.29, 0.717) is 5.54 Å². The average molecular weight is 205 g/mol. The second kappa shape index (κ2) is 3.08. The first kappa shape index (κ1) is 9.40. The maximum absolute atomic E-state index is 4.78. The quantitative estimate of drug-likeness (QED) is 0.794. The van der Waals surface area contributed by atoms with Gasteiger partial charge < -0.3 is 9.88 Å². The van der Waals surface area contributed by atoms with E-state index in [4.69, 9.17) is 4.98 Å². The first-order valence-electron chi connectivity index (χ1n) is 6.05. The first-order valence-corrected chi connectivity index (χ1v) is 6.05. The molecule has 0 spiro atoms. The van der Waals surface area contributed by atoms with Crippen LogP contribution >= 0.6 is 0 Å². The third-order valence-electron chi connectivity index (χ3n) is 3.79. The Morgan fingerprint density at radius 1 is 1.47 bits per heavy atom. The Morgan fingerprint density at radius 3 is 2.93 bits per heavy atom. The van der Waals surface area contributed by atoms with Gasteiger partial charge in [0.1, 0.15) is 5.82 Å². The minimum Gasteiger partial charge on any atom is -0.326 e. The van der Waals surface area contributed by atoms with E-state index in [1.54, 1.807) is 0 Å². The van der Waals surface area contributed by atoms with Crippen LogP contribution in [-0.4, -0.2) is 16.1 Å². The van der Waals surface area contributed by atoms with Crippen molar-refractivity contribution < 1.29 is 0 Å². The minimum absolute atomic E-state index is 0.406. The third-order valence-corrected chi connectivity index (χ3v) is 3.79. The van der Waals surface area contributed by atoms with Crippen LogP contribution in [0.1, 0.15) is 43.9 Å². The Hall–Kier alpha value is -0.830. The van der Waals surface area contributed by atoms with E-state index in [1.165, 1.54) is 30.1 Å². The Morgan fingerprint density at radius 2 is 2.27 bits per heavy atom. The van der Waals surface area contributed by atoms with E-state index in [2.05, 4.69) is 23.7 Å². The molecule has 3 rings (SSSR count). The van der Waals surface area contributed by atoms with Gasteiger partial charge in [-0.25, -0.2) is 4.98 Å². The van der Waals surface area contributed by atoms with Gasteiger partial charge in [0, 0.05) is 37.2 Å². The highest BCUT2D eigenvalue weighted by atomic mass is 15.2. The minimum atomic E-state index is 0.406. The molecule has 1 aliphatic heterocycles. The van der Waals surface area contributed by atoms with Gasteiger partial charge in [-0.15, -0.1) is 0 Å². The molecule has 3 nitrogen and oxygen atoms in total. The lowest BCUT2D eigenvalue weighted by Crippen LogP contribution is -2.27. The van der Waals surface area contributed by atoms with Gasteiger partial charge in [0.2, 0.25) is 0 Å². The molecule has 2 heterocycles. The van der Waals surface area contributed by atoms with Gasteiger partial charge in [0.15, 0.2) is 0 Å². The zero-order chi connectivity index (χ0) is 10.5. The molecular formula is C12H19N3. The number of nitrogens with one attached hydrogen (secondary N) is 1. The summed E-state index contributed by atoms with van der Waals surface area (Å²) < 4.78 is 2.54. The van der Waals surface area contributed by atoms with E-state index < -0.39 is 0 Å². The lowest BCUT2D eigenvalue weighted by atomic mass is 10.1. The van der Waals surface area contributed by atoms with Crippen molar-refractivity contribution in [3.8, 4) is 0 Å². The molecule has 15 heavy (non-hydrogen) atoms. The summed E-state index contributed by atoms with van der Waals surface area (Å²) in [6, 6.07) is 0. The number of aromatic nitrogens is 2.